The van der Waals surface area contributed by atoms with Gasteiger partial charge in [0.2, 0.25) is 0 Å². The van der Waals surface area contributed by atoms with Crippen molar-refractivity contribution in [2.24, 2.45) is 0 Å². The lowest BCUT2D eigenvalue weighted by molar-refractivity contribution is 0.922. The summed E-state index contributed by atoms with van der Waals surface area (Å²) in [5.41, 5.74) is 2.44. The minimum Gasteiger partial charge on any atom is -0.361 e. The van der Waals surface area contributed by atoms with E-state index in [4.69, 9.17) is 0 Å². The Morgan fingerprint density at radius 2 is 2.21 bits per heavy atom. The number of rotatable bonds is 3. The standard InChI is InChI=1S/C12H14N2/c1-13-8-4-5-10-9-14-12-7-3-2-6-11(10)12/h2-7,9,13-14H,8H2,1H3. The number of hydrogen-bond acceptors (Lipinski definition) is 1. The van der Waals surface area contributed by atoms with Crippen LogP contribution in [-0.4, -0.2) is 18.6 Å². The van der Waals surface area contributed by atoms with Gasteiger partial charge in [0.05, 0.1) is 0 Å². The summed E-state index contributed by atoms with van der Waals surface area (Å²) in [5, 5.41) is 4.36. The Bertz CT molecular complexity index is 440. The minimum absolute atomic E-state index is 0.902. The fourth-order valence-corrected chi connectivity index (χ4v) is 1.54. The maximum absolute atomic E-state index is 3.24. The highest BCUT2D eigenvalue weighted by Gasteiger charge is 1.97. The summed E-state index contributed by atoms with van der Waals surface area (Å²) in [7, 11) is 1.94. The highest BCUT2D eigenvalue weighted by molar-refractivity contribution is 5.88. The van der Waals surface area contributed by atoms with Crippen molar-refractivity contribution in [1.29, 1.82) is 0 Å². The lowest BCUT2D eigenvalue weighted by Gasteiger charge is -1.91. The highest BCUT2D eigenvalue weighted by Crippen LogP contribution is 2.18. The molecule has 14 heavy (non-hydrogen) atoms. The zero-order valence-electron chi connectivity index (χ0n) is 8.25. The predicted octanol–water partition coefficient (Wildman–Crippen LogP) is 2.40. The molecule has 72 valence electrons. The Kier molecular flexibility index (Phi) is 2.65. The van der Waals surface area contributed by atoms with Crippen molar-refractivity contribution in [3.63, 3.8) is 0 Å². The second-order valence-corrected chi connectivity index (χ2v) is 3.25. The monoisotopic (exact) mass is 186 g/mol. The third kappa shape index (κ3) is 1.70. The van der Waals surface area contributed by atoms with E-state index in [1.807, 2.05) is 19.3 Å². The van der Waals surface area contributed by atoms with E-state index < -0.39 is 0 Å². The van der Waals surface area contributed by atoms with Crippen molar-refractivity contribution in [2.45, 2.75) is 0 Å². The van der Waals surface area contributed by atoms with Gasteiger partial charge in [-0.15, -0.1) is 0 Å². The first kappa shape index (κ1) is 9.03. The minimum atomic E-state index is 0.902. The van der Waals surface area contributed by atoms with Crippen LogP contribution in [0.15, 0.2) is 36.5 Å². The molecule has 0 atom stereocenters. The van der Waals surface area contributed by atoms with Crippen LogP contribution in [0.3, 0.4) is 0 Å². The Labute approximate surface area is 83.6 Å². The Hall–Kier alpha value is -1.54. The first-order valence-corrected chi connectivity index (χ1v) is 4.79. The number of fused-ring (bicyclic) bond motifs is 1. The Balaban J connectivity index is 2.34. The molecule has 0 amide bonds. The molecule has 2 aromatic rings. The number of benzene rings is 1. The molecule has 2 N–H and O–H groups in total. The van der Waals surface area contributed by atoms with Gasteiger partial charge >= 0.3 is 0 Å². The average molecular weight is 186 g/mol. The average Bonchev–Trinajstić information content (AvgIpc) is 2.63. The topological polar surface area (TPSA) is 27.8 Å². The van der Waals surface area contributed by atoms with Crippen molar-refractivity contribution in [3.8, 4) is 0 Å². The van der Waals surface area contributed by atoms with Crippen LogP contribution in [0.1, 0.15) is 5.56 Å². The third-order valence-corrected chi connectivity index (χ3v) is 2.24. The molecule has 2 heteroatoms. The third-order valence-electron chi connectivity index (χ3n) is 2.24. The second-order valence-electron chi connectivity index (χ2n) is 3.25. The van der Waals surface area contributed by atoms with Crippen LogP contribution in [0.2, 0.25) is 0 Å². The summed E-state index contributed by atoms with van der Waals surface area (Å²) < 4.78 is 0. The van der Waals surface area contributed by atoms with Crippen LogP contribution in [0, 0.1) is 0 Å². The molecule has 1 aromatic heterocycles. The number of H-pyrrole nitrogens is 1. The molecule has 2 nitrogen and oxygen atoms in total. The van der Waals surface area contributed by atoms with Gasteiger partial charge in [-0.25, -0.2) is 0 Å². The lowest BCUT2D eigenvalue weighted by atomic mass is 10.1. The molecule has 2 rings (SSSR count). The second kappa shape index (κ2) is 4.11. The molecule has 0 aliphatic carbocycles. The van der Waals surface area contributed by atoms with E-state index in [-0.39, 0.29) is 0 Å². The van der Waals surface area contributed by atoms with E-state index in [9.17, 15) is 0 Å². The van der Waals surface area contributed by atoms with Gasteiger partial charge < -0.3 is 10.3 Å². The number of nitrogens with one attached hydrogen (secondary N) is 2. The number of para-hydroxylation sites is 1. The van der Waals surface area contributed by atoms with Gasteiger partial charge in [-0.2, -0.15) is 0 Å². The van der Waals surface area contributed by atoms with E-state index in [0.717, 1.165) is 6.54 Å². The summed E-state index contributed by atoms with van der Waals surface area (Å²) in [4.78, 5) is 3.24. The van der Waals surface area contributed by atoms with Crippen LogP contribution >= 0.6 is 0 Å². The van der Waals surface area contributed by atoms with Crippen molar-refractivity contribution in [2.75, 3.05) is 13.6 Å². The Morgan fingerprint density at radius 3 is 3.07 bits per heavy atom. The number of likely N-dealkylation sites (N-methyl/N-ethyl adjacent to an activating group) is 1. The SMILES string of the molecule is CNCC=Cc1c[nH]c2ccccc12. The number of aromatic amines is 1. The van der Waals surface area contributed by atoms with E-state index in [2.05, 4.69) is 40.7 Å². The maximum atomic E-state index is 3.24. The van der Waals surface area contributed by atoms with Crippen LogP contribution in [-0.2, 0) is 0 Å². The van der Waals surface area contributed by atoms with Crippen LogP contribution in [0.25, 0.3) is 17.0 Å². The van der Waals surface area contributed by atoms with Gasteiger partial charge in [-0.05, 0) is 18.7 Å². The summed E-state index contributed by atoms with van der Waals surface area (Å²) in [6.07, 6.45) is 6.29. The van der Waals surface area contributed by atoms with Gasteiger partial charge in [0, 0.05) is 23.6 Å². The summed E-state index contributed by atoms with van der Waals surface area (Å²) in [6.45, 7) is 0.902. The summed E-state index contributed by atoms with van der Waals surface area (Å²) in [6, 6.07) is 8.32. The van der Waals surface area contributed by atoms with Crippen molar-refractivity contribution in [1.82, 2.24) is 10.3 Å². The lowest BCUT2D eigenvalue weighted by Crippen LogP contribution is -2.03. The fraction of sp³-hybridized carbons (Fsp3) is 0.167. The van der Waals surface area contributed by atoms with Crippen molar-refractivity contribution < 1.29 is 0 Å². The molecule has 0 saturated heterocycles. The quantitative estimate of drug-likeness (QED) is 0.757. The Morgan fingerprint density at radius 1 is 1.36 bits per heavy atom. The van der Waals surface area contributed by atoms with E-state index >= 15 is 0 Å². The molecular formula is C12H14N2. The maximum Gasteiger partial charge on any atom is 0.0460 e. The molecule has 1 heterocycles. The molecule has 0 spiro atoms. The highest BCUT2D eigenvalue weighted by atomic mass is 14.8. The number of aromatic nitrogens is 1. The molecular weight excluding hydrogens is 172 g/mol. The fourth-order valence-electron chi connectivity index (χ4n) is 1.54. The normalized spacial score (nSPS) is 11.5. The summed E-state index contributed by atoms with van der Waals surface area (Å²) in [5.74, 6) is 0. The molecule has 0 fully saturated rings. The van der Waals surface area contributed by atoms with Gasteiger partial charge in [0.25, 0.3) is 0 Å². The zero-order chi connectivity index (χ0) is 9.80. The number of hydrogen-bond donors (Lipinski definition) is 2. The molecule has 0 bridgehead atoms. The van der Waals surface area contributed by atoms with Gasteiger partial charge in [0.1, 0.15) is 0 Å². The van der Waals surface area contributed by atoms with Gasteiger partial charge in [-0.1, -0.05) is 30.4 Å². The van der Waals surface area contributed by atoms with Crippen LogP contribution in [0.4, 0.5) is 0 Å². The van der Waals surface area contributed by atoms with Crippen LogP contribution in [0.5, 0.6) is 0 Å². The largest absolute Gasteiger partial charge is 0.361 e. The van der Waals surface area contributed by atoms with Gasteiger partial charge in [-0.3, -0.25) is 0 Å². The van der Waals surface area contributed by atoms with Crippen molar-refractivity contribution >= 4 is 17.0 Å². The molecule has 0 aliphatic rings. The molecule has 0 unspecified atom stereocenters. The summed E-state index contributed by atoms with van der Waals surface area (Å²) >= 11 is 0. The smallest absolute Gasteiger partial charge is 0.0460 e. The molecule has 1 aromatic carbocycles. The van der Waals surface area contributed by atoms with E-state index in [1.165, 1.54) is 16.5 Å². The molecule has 0 aliphatic heterocycles. The van der Waals surface area contributed by atoms with Gasteiger partial charge in [0.15, 0.2) is 0 Å². The first-order chi connectivity index (χ1) is 6.92. The van der Waals surface area contributed by atoms with E-state index in [0.29, 0.717) is 0 Å². The first-order valence-electron chi connectivity index (χ1n) is 4.79. The predicted molar refractivity (Wildman–Crippen MR) is 61.3 cm³/mol. The molecule has 0 saturated carbocycles. The molecule has 0 radical (unpaired) electrons. The van der Waals surface area contributed by atoms with Crippen molar-refractivity contribution in [3.05, 3.63) is 42.1 Å². The zero-order valence-corrected chi connectivity index (χ0v) is 8.25. The van der Waals surface area contributed by atoms with E-state index in [1.54, 1.807) is 0 Å². The van der Waals surface area contributed by atoms with Crippen LogP contribution < -0.4 is 5.32 Å².